The van der Waals surface area contributed by atoms with Gasteiger partial charge in [-0.2, -0.15) is 0 Å². The van der Waals surface area contributed by atoms with E-state index in [-0.39, 0.29) is 31.6 Å². The Morgan fingerprint density at radius 3 is 2.39 bits per heavy atom. The number of hydrogen-bond acceptors (Lipinski definition) is 5. The van der Waals surface area contributed by atoms with Gasteiger partial charge in [-0.1, -0.05) is 53.5 Å². The highest BCUT2D eigenvalue weighted by atomic mass is 35.5. The molecule has 7 nitrogen and oxygen atoms in total. The SMILES string of the molecule is Cc1cc(Cl)c(OCCOc2ccc(N3C(=O)CNC[C@@H]3C(=O)NCc3ccccc3)cc2)c(Cl)c1. The highest BCUT2D eigenvalue weighted by molar-refractivity contribution is 6.37. The molecule has 1 atom stereocenters. The number of rotatable bonds is 9. The van der Waals surface area contributed by atoms with E-state index in [4.69, 9.17) is 32.7 Å². The Kier molecular flexibility index (Phi) is 8.70. The van der Waals surface area contributed by atoms with Gasteiger partial charge in [-0.25, -0.2) is 0 Å². The molecule has 1 aliphatic rings. The van der Waals surface area contributed by atoms with Crippen molar-refractivity contribution in [3.63, 3.8) is 0 Å². The zero-order chi connectivity index (χ0) is 25.5. The van der Waals surface area contributed by atoms with E-state index in [2.05, 4.69) is 10.6 Å². The predicted octanol–water partition coefficient (Wildman–Crippen LogP) is 4.38. The molecule has 9 heteroatoms. The first-order valence-electron chi connectivity index (χ1n) is 11.6. The van der Waals surface area contributed by atoms with Crippen molar-refractivity contribution in [3.05, 3.63) is 87.9 Å². The molecule has 188 valence electrons. The Hall–Kier alpha value is -3.26. The summed E-state index contributed by atoms with van der Waals surface area (Å²) in [7, 11) is 0. The number of carbonyl (C=O) groups excluding carboxylic acids is 2. The maximum Gasteiger partial charge on any atom is 0.244 e. The van der Waals surface area contributed by atoms with Gasteiger partial charge in [0.05, 0.1) is 16.6 Å². The second kappa shape index (κ2) is 12.1. The third kappa shape index (κ3) is 6.49. The Bertz CT molecular complexity index is 1180. The maximum absolute atomic E-state index is 12.9. The smallest absolute Gasteiger partial charge is 0.244 e. The molecule has 1 saturated heterocycles. The van der Waals surface area contributed by atoms with Crippen LogP contribution in [0.25, 0.3) is 0 Å². The lowest BCUT2D eigenvalue weighted by molar-refractivity contribution is -0.127. The first-order chi connectivity index (χ1) is 17.4. The Morgan fingerprint density at radius 1 is 1.03 bits per heavy atom. The molecule has 3 aromatic rings. The monoisotopic (exact) mass is 527 g/mol. The highest BCUT2D eigenvalue weighted by Gasteiger charge is 2.34. The van der Waals surface area contributed by atoms with Crippen LogP contribution in [0.1, 0.15) is 11.1 Å². The van der Waals surface area contributed by atoms with Gasteiger partial charge >= 0.3 is 0 Å². The molecular weight excluding hydrogens is 501 g/mol. The number of nitrogens with one attached hydrogen (secondary N) is 2. The number of benzene rings is 3. The lowest BCUT2D eigenvalue weighted by Crippen LogP contribution is -2.60. The van der Waals surface area contributed by atoms with E-state index < -0.39 is 6.04 Å². The predicted molar refractivity (Wildman–Crippen MR) is 141 cm³/mol. The zero-order valence-corrected chi connectivity index (χ0v) is 21.3. The van der Waals surface area contributed by atoms with Crippen LogP contribution in [-0.4, -0.2) is 44.2 Å². The molecule has 36 heavy (non-hydrogen) atoms. The molecule has 0 aromatic heterocycles. The number of aryl methyl sites for hydroxylation is 1. The van der Waals surface area contributed by atoms with E-state index in [9.17, 15) is 9.59 Å². The van der Waals surface area contributed by atoms with Gasteiger partial charge in [-0.3, -0.25) is 14.5 Å². The minimum atomic E-state index is -0.654. The van der Waals surface area contributed by atoms with Crippen molar-refractivity contribution in [1.82, 2.24) is 10.6 Å². The lowest BCUT2D eigenvalue weighted by Gasteiger charge is -2.35. The van der Waals surface area contributed by atoms with Gasteiger partial charge in [-0.05, 0) is 54.4 Å². The van der Waals surface area contributed by atoms with E-state index in [1.807, 2.05) is 37.3 Å². The summed E-state index contributed by atoms with van der Waals surface area (Å²) in [5.41, 5.74) is 2.57. The molecule has 0 unspecified atom stereocenters. The molecular formula is C27H27Cl2N3O4. The Balaban J connectivity index is 1.34. The second-order valence-electron chi connectivity index (χ2n) is 8.36. The molecule has 4 rings (SSSR count). The standard InChI is InChI=1S/C27H27Cl2N3O4/c1-18-13-22(28)26(23(29)14-18)36-12-11-35-21-9-7-20(8-10-21)32-24(16-30-17-25(32)33)27(34)31-15-19-5-3-2-4-6-19/h2-10,13-14,24,30H,11-12,15-17H2,1H3,(H,31,34)/t24-/m1/s1. The van der Waals surface area contributed by atoms with E-state index in [0.717, 1.165) is 11.1 Å². The number of hydrogen-bond donors (Lipinski definition) is 2. The van der Waals surface area contributed by atoms with Gasteiger partial charge in [0.25, 0.3) is 0 Å². The van der Waals surface area contributed by atoms with Crippen LogP contribution in [0.5, 0.6) is 11.5 Å². The molecule has 1 fully saturated rings. The number of ether oxygens (including phenoxy) is 2. The molecule has 0 spiro atoms. The van der Waals surface area contributed by atoms with Crippen LogP contribution < -0.4 is 25.0 Å². The fourth-order valence-corrected chi connectivity index (χ4v) is 4.64. The minimum absolute atomic E-state index is 0.169. The summed E-state index contributed by atoms with van der Waals surface area (Å²) in [6.07, 6.45) is 0. The van der Waals surface area contributed by atoms with Gasteiger partial charge in [0, 0.05) is 18.8 Å². The number of amides is 2. The normalized spacial score (nSPS) is 15.5. The van der Waals surface area contributed by atoms with E-state index in [0.29, 0.717) is 40.3 Å². The Labute approximate surface area is 220 Å². The van der Waals surface area contributed by atoms with Crippen LogP contribution in [0.4, 0.5) is 5.69 Å². The topological polar surface area (TPSA) is 79.9 Å². The summed E-state index contributed by atoms with van der Waals surface area (Å²) in [6, 6.07) is 19.6. The van der Waals surface area contributed by atoms with Crippen molar-refractivity contribution in [2.75, 3.05) is 31.2 Å². The summed E-state index contributed by atoms with van der Waals surface area (Å²) in [6.45, 7) is 3.36. The largest absolute Gasteiger partial charge is 0.490 e. The van der Waals surface area contributed by atoms with E-state index >= 15 is 0 Å². The summed E-state index contributed by atoms with van der Waals surface area (Å²) in [4.78, 5) is 27.2. The van der Waals surface area contributed by atoms with Crippen LogP contribution >= 0.6 is 23.2 Å². The molecule has 0 aliphatic carbocycles. The lowest BCUT2D eigenvalue weighted by atomic mass is 10.1. The van der Waals surface area contributed by atoms with E-state index in [1.165, 1.54) is 4.90 Å². The van der Waals surface area contributed by atoms with Crippen molar-refractivity contribution >= 4 is 40.7 Å². The van der Waals surface area contributed by atoms with Crippen molar-refractivity contribution in [2.45, 2.75) is 19.5 Å². The molecule has 2 amide bonds. The van der Waals surface area contributed by atoms with Gasteiger partial charge < -0.3 is 20.1 Å². The fraction of sp³-hybridized carbons (Fsp3) is 0.259. The average molecular weight is 528 g/mol. The molecule has 1 heterocycles. The van der Waals surface area contributed by atoms with Gasteiger partial charge in [0.2, 0.25) is 11.8 Å². The van der Waals surface area contributed by atoms with Crippen LogP contribution in [0, 0.1) is 6.92 Å². The van der Waals surface area contributed by atoms with Gasteiger partial charge in [-0.15, -0.1) is 0 Å². The van der Waals surface area contributed by atoms with Crippen molar-refractivity contribution < 1.29 is 19.1 Å². The number of nitrogens with zero attached hydrogens (tertiary/aromatic N) is 1. The van der Waals surface area contributed by atoms with Crippen LogP contribution in [0.3, 0.4) is 0 Å². The first-order valence-corrected chi connectivity index (χ1v) is 12.3. The first kappa shape index (κ1) is 25.8. The molecule has 0 saturated carbocycles. The average Bonchev–Trinajstić information content (AvgIpc) is 2.87. The third-order valence-electron chi connectivity index (χ3n) is 5.66. The molecule has 3 aromatic carbocycles. The summed E-state index contributed by atoms with van der Waals surface area (Å²) in [5, 5.41) is 6.86. The number of carbonyl (C=O) groups is 2. The summed E-state index contributed by atoms with van der Waals surface area (Å²) in [5.74, 6) is 0.646. The second-order valence-corrected chi connectivity index (χ2v) is 9.18. The summed E-state index contributed by atoms with van der Waals surface area (Å²) < 4.78 is 11.4. The van der Waals surface area contributed by atoms with Crippen LogP contribution in [-0.2, 0) is 16.1 Å². The quantitative estimate of drug-likeness (QED) is 0.403. The highest BCUT2D eigenvalue weighted by Crippen LogP contribution is 2.34. The molecule has 0 bridgehead atoms. The molecule has 2 N–H and O–H groups in total. The minimum Gasteiger partial charge on any atom is -0.490 e. The number of halogens is 2. The third-order valence-corrected chi connectivity index (χ3v) is 6.22. The number of anilines is 1. The molecule has 1 aliphatic heterocycles. The van der Waals surface area contributed by atoms with Crippen molar-refractivity contribution in [2.24, 2.45) is 0 Å². The van der Waals surface area contributed by atoms with Gasteiger partial charge in [0.1, 0.15) is 25.0 Å². The fourth-order valence-electron chi connectivity index (χ4n) is 3.93. The van der Waals surface area contributed by atoms with Gasteiger partial charge in [0.15, 0.2) is 5.75 Å². The van der Waals surface area contributed by atoms with Crippen LogP contribution in [0.2, 0.25) is 10.0 Å². The number of piperazine rings is 1. The Morgan fingerprint density at radius 2 is 1.69 bits per heavy atom. The van der Waals surface area contributed by atoms with Crippen LogP contribution in [0.15, 0.2) is 66.7 Å². The molecule has 0 radical (unpaired) electrons. The maximum atomic E-state index is 12.9. The summed E-state index contributed by atoms with van der Waals surface area (Å²) >= 11 is 12.4. The van der Waals surface area contributed by atoms with E-state index in [1.54, 1.807) is 36.4 Å². The van der Waals surface area contributed by atoms with Crippen molar-refractivity contribution in [3.8, 4) is 11.5 Å². The van der Waals surface area contributed by atoms with Crippen molar-refractivity contribution in [1.29, 1.82) is 0 Å². The zero-order valence-electron chi connectivity index (χ0n) is 19.8.